The molecule has 4 rings (SSSR count). The molecule has 20 heavy (non-hydrogen) atoms. The molecule has 0 radical (unpaired) electrons. The number of anilines is 1. The molecule has 0 aromatic heterocycles. The van der Waals surface area contributed by atoms with Gasteiger partial charge in [0.2, 0.25) is 5.91 Å². The van der Waals surface area contributed by atoms with Gasteiger partial charge in [0, 0.05) is 18.7 Å². The van der Waals surface area contributed by atoms with Crippen LogP contribution >= 0.6 is 0 Å². The first-order valence-corrected chi connectivity index (χ1v) is 6.78. The SMILES string of the molecule is CN1C(=O)[C@]2(C[C@@H]2c2ccccc2)c2cc(F)ccc21. The molecular formula is C17H14FNO. The number of hydrogen-bond acceptors (Lipinski definition) is 1. The number of nitrogens with zero attached hydrogens (tertiary/aromatic N) is 1. The van der Waals surface area contributed by atoms with E-state index in [0.29, 0.717) is 0 Å². The van der Waals surface area contributed by atoms with Crippen LogP contribution in [0.2, 0.25) is 0 Å². The lowest BCUT2D eigenvalue weighted by molar-refractivity contribution is -0.120. The molecule has 2 aromatic rings. The highest BCUT2D eigenvalue weighted by Crippen LogP contribution is 2.66. The van der Waals surface area contributed by atoms with Gasteiger partial charge in [-0.1, -0.05) is 30.3 Å². The molecule has 3 heteroatoms. The first-order valence-electron chi connectivity index (χ1n) is 6.78. The van der Waals surface area contributed by atoms with E-state index in [4.69, 9.17) is 0 Å². The van der Waals surface area contributed by atoms with E-state index in [0.717, 1.165) is 23.2 Å². The Morgan fingerprint density at radius 2 is 1.95 bits per heavy atom. The van der Waals surface area contributed by atoms with Crippen molar-refractivity contribution in [3.05, 3.63) is 65.5 Å². The number of hydrogen-bond donors (Lipinski definition) is 0. The molecule has 100 valence electrons. The smallest absolute Gasteiger partial charge is 0.238 e. The molecule has 1 aliphatic heterocycles. The Labute approximate surface area is 116 Å². The fourth-order valence-electron chi connectivity index (χ4n) is 3.57. The van der Waals surface area contributed by atoms with Crippen LogP contribution in [0, 0.1) is 5.82 Å². The van der Waals surface area contributed by atoms with E-state index < -0.39 is 5.41 Å². The van der Waals surface area contributed by atoms with Crippen LogP contribution < -0.4 is 4.90 Å². The van der Waals surface area contributed by atoms with Gasteiger partial charge in [-0.25, -0.2) is 4.39 Å². The summed E-state index contributed by atoms with van der Waals surface area (Å²) in [6.07, 6.45) is 0.774. The van der Waals surface area contributed by atoms with Gasteiger partial charge < -0.3 is 4.90 Å². The molecule has 1 spiro atoms. The molecule has 1 amide bonds. The van der Waals surface area contributed by atoms with Crippen molar-refractivity contribution in [2.45, 2.75) is 17.8 Å². The van der Waals surface area contributed by atoms with Crippen molar-refractivity contribution in [1.29, 1.82) is 0 Å². The number of carbonyl (C=O) groups excluding carboxylic acids is 1. The summed E-state index contributed by atoms with van der Waals surface area (Å²) < 4.78 is 13.6. The van der Waals surface area contributed by atoms with Gasteiger partial charge in [0.25, 0.3) is 0 Å². The molecule has 0 saturated heterocycles. The Hall–Kier alpha value is -2.16. The molecule has 1 saturated carbocycles. The molecule has 2 aliphatic rings. The maximum absolute atomic E-state index is 13.6. The van der Waals surface area contributed by atoms with Crippen molar-refractivity contribution in [3.8, 4) is 0 Å². The zero-order valence-corrected chi connectivity index (χ0v) is 11.1. The summed E-state index contributed by atoms with van der Waals surface area (Å²) in [5.41, 5.74) is 2.31. The summed E-state index contributed by atoms with van der Waals surface area (Å²) in [6, 6.07) is 14.7. The van der Waals surface area contributed by atoms with Gasteiger partial charge in [-0.15, -0.1) is 0 Å². The number of carbonyl (C=O) groups is 1. The van der Waals surface area contributed by atoms with Gasteiger partial charge in [0.15, 0.2) is 0 Å². The predicted octanol–water partition coefficient (Wildman–Crippen LogP) is 3.23. The summed E-state index contributed by atoms with van der Waals surface area (Å²) in [6.45, 7) is 0. The maximum atomic E-state index is 13.6. The van der Waals surface area contributed by atoms with E-state index in [1.165, 1.54) is 12.1 Å². The number of rotatable bonds is 1. The van der Waals surface area contributed by atoms with Crippen molar-refractivity contribution in [3.63, 3.8) is 0 Å². The largest absolute Gasteiger partial charge is 0.314 e. The van der Waals surface area contributed by atoms with Crippen LogP contribution in [0.25, 0.3) is 0 Å². The number of likely N-dealkylation sites (N-methyl/N-ethyl adjacent to an activating group) is 1. The molecule has 1 fully saturated rings. The van der Waals surface area contributed by atoms with Gasteiger partial charge in [-0.05, 0) is 35.7 Å². The van der Waals surface area contributed by atoms with E-state index in [2.05, 4.69) is 0 Å². The van der Waals surface area contributed by atoms with Crippen LogP contribution in [-0.4, -0.2) is 13.0 Å². The molecule has 2 atom stereocenters. The zero-order valence-electron chi connectivity index (χ0n) is 11.1. The summed E-state index contributed by atoms with van der Waals surface area (Å²) in [7, 11) is 1.77. The maximum Gasteiger partial charge on any atom is 0.238 e. The Balaban J connectivity index is 1.85. The van der Waals surface area contributed by atoms with Gasteiger partial charge in [0.1, 0.15) is 5.82 Å². The van der Waals surface area contributed by atoms with Crippen molar-refractivity contribution in [1.82, 2.24) is 0 Å². The lowest BCUT2D eigenvalue weighted by Crippen LogP contribution is -2.29. The molecule has 0 unspecified atom stereocenters. The average Bonchev–Trinajstić information content (AvgIpc) is 3.19. The molecule has 1 aliphatic carbocycles. The summed E-state index contributed by atoms with van der Waals surface area (Å²) in [5, 5.41) is 0. The Bertz CT molecular complexity index is 712. The number of halogens is 1. The third-order valence-corrected chi connectivity index (χ3v) is 4.65. The number of amides is 1. The minimum Gasteiger partial charge on any atom is -0.314 e. The average molecular weight is 267 g/mol. The molecular weight excluding hydrogens is 253 g/mol. The normalized spacial score (nSPS) is 27.0. The van der Waals surface area contributed by atoms with E-state index >= 15 is 0 Å². The number of fused-ring (bicyclic) bond motifs is 2. The van der Waals surface area contributed by atoms with Crippen molar-refractivity contribution in [2.75, 3.05) is 11.9 Å². The van der Waals surface area contributed by atoms with Crippen LogP contribution in [0.15, 0.2) is 48.5 Å². The van der Waals surface area contributed by atoms with Crippen LogP contribution in [0.4, 0.5) is 10.1 Å². The third-order valence-electron chi connectivity index (χ3n) is 4.65. The minimum absolute atomic E-state index is 0.0898. The molecule has 0 bridgehead atoms. The highest BCUT2D eigenvalue weighted by molar-refractivity contribution is 6.11. The molecule has 1 heterocycles. The van der Waals surface area contributed by atoms with E-state index in [1.807, 2.05) is 30.3 Å². The summed E-state index contributed by atoms with van der Waals surface area (Å²) in [4.78, 5) is 14.3. The second-order valence-corrected chi connectivity index (χ2v) is 5.66. The highest BCUT2D eigenvalue weighted by Gasteiger charge is 2.66. The topological polar surface area (TPSA) is 20.3 Å². The Kier molecular flexibility index (Phi) is 2.15. The summed E-state index contributed by atoms with van der Waals surface area (Å²) >= 11 is 0. The second kappa shape index (κ2) is 3.69. The standard InChI is InChI=1S/C17H14FNO/c1-19-15-8-7-12(18)9-13(15)17(16(19)20)10-14(17)11-5-3-2-4-6-11/h2-9,14H,10H2,1H3/t14-,17-/m1/s1. The quantitative estimate of drug-likeness (QED) is 0.777. The van der Waals surface area contributed by atoms with Gasteiger partial charge in [0.05, 0.1) is 5.41 Å². The highest BCUT2D eigenvalue weighted by atomic mass is 19.1. The second-order valence-electron chi connectivity index (χ2n) is 5.66. The first-order chi connectivity index (χ1) is 9.64. The lowest BCUT2D eigenvalue weighted by atomic mass is 9.92. The molecule has 2 nitrogen and oxygen atoms in total. The van der Waals surface area contributed by atoms with E-state index in [1.54, 1.807) is 18.0 Å². The predicted molar refractivity (Wildman–Crippen MR) is 75.3 cm³/mol. The minimum atomic E-state index is -0.534. The first kappa shape index (κ1) is 11.6. The van der Waals surface area contributed by atoms with E-state index in [9.17, 15) is 9.18 Å². The van der Waals surface area contributed by atoms with Crippen molar-refractivity contribution in [2.24, 2.45) is 0 Å². The lowest BCUT2D eigenvalue weighted by Gasteiger charge is -2.11. The Morgan fingerprint density at radius 3 is 2.70 bits per heavy atom. The van der Waals surface area contributed by atoms with Gasteiger partial charge in [-0.3, -0.25) is 4.79 Å². The third kappa shape index (κ3) is 1.30. The van der Waals surface area contributed by atoms with Crippen molar-refractivity contribution < 1.29 is 9.18 Å². The van der Waals surface area contributed by atoms with Crippen LogP contribution in [0.5, 0.6) is 0 Å². The fourth-order valence-corrected chi connectivity index (χ4v) is 3.57. The molecule has 0 N–H and O–H groups in total. The fraction of sp³-hybridized carbons (Fsp3) is 0.235. The zero-order chi connectivity index (χ0) is 13.9. The van der Waals surface area contributed by atoms with E-state index in [-0.39, 0.29) is 17.6 Å². The summed E-state index contributed by atoms with van der Waals surface area (Å²) in [5.74, 6) is -0.0152. The van der Waals surface area contributed by atoms with Crippen LogP contribution in [-0.2, 0) is 10.2 Å². The van der Waals surface area contributed by atoms with Crippen molar-refractivity contribution >= 4 is 11.6 Å². The van der Waals surface area contributed by atoms with Gasteiger partial charge in [-0.2, -0.15) is 0 Å². The van der Waals surface area contributed by atoms with Gasteiger partial charge >= 0.3 is 0 Å². The van der Waals surface area contributed by atoms with Crippen LogP contribution in [0.1, 0.15) is 23.5 Å². The van der Waals surface area contributed by atoms with Crippen LogP contribution in [0.3, 0.4) is 0 Å². The Morgan fingerprint density at radius 1 is 1.20 bits per heavy atom. The molecule has 2 aromatic carbocycles. The number of benzene rings is 2. The monoisotopic (exact) mass is 267 g/mol.